The summed E-state index contributed by atoms with van der Waals surface area (Å²) in [4.78, 5) is 19.5. The van der Waals surface area contributed by atoms with Gasteiger partial charge in [0.25, 0.3) is 0 Å². The Hall–Kier alpha value is -1.42. The molecule has 0 radical (unpaired) electrons. The first-order chi connectivity index (χ1) is 14.0. The number of carboxylic acids is 2. The van der Waals surface area contributed by atoms with Gasteiger partial charge >= 0.3 is 11.9 Å². The molecule has 8 nitrogen and oxygen atoms in total. The molecule has 1 aromatic rings. The maximum absolute atomic E-state index is 9.77. The number of rotatable bonds is 8. The lowest BCUT2D eigenvalue weighted by Crippen LogP contribution is -2.47. The smallest absolute Gasteiger partial charge is 0.335 e. The molecule has 2 fully saturated rings. The Bertz CT molecular complexity index is 723. The van der Waals surface area contributed by atoms with Gasteiger partial charge in [0, 0.05) is 40.4 Å². The van der Waals surface area contributed by atoms with Gasteiger partial charge < -0.3 is 30.6 Å². The molecular formula is C20H29Cl2N2O6+. The lowest BCUT2D eigenvalue weighted by Gasteiger charge is -2.35. The van der Waals surface area contributed by atoms with E-state index in [1.807, 2.05) is 6.07 Å². The van der Waals surface area contributed by atoms with Gasteiger partial charge in [-0.2, -0.15) is 0 Å². The zero-order valence-corrected chi connectivity index (χ0v) is 18.1. The average molecular weight is 464 g/mol. The monoisotopic (exact) mass is 463 g/mol. The maximum atomic E-state index is 9.77. The highest BCUT2D eigenvalue weighted by molar-refractivity contribution is 6.34. The fraction of sp³-hybridized carbons (Fsp3) is 0.600. The summed E-state index contributed by atoms with van der Waals surface area (Å²) in [6, 6.07) is 5.94. The topological polar surface area (TPSA) is 141 Å². The van der Waals surface area contributed by atoms with Gasteiger partial charge in [-0.3, -0.25) is 0 Å². The van der Waals surface area contributed by atoms with Crippen molar-refractivity contribution in [2.24, 2.45) is 17.6 Å². The highest BCUT2D eigenvalue weighted by Crippen LogP contribution is 2.37. The number of aliphatic carboxylic acids is 2. The number of carboxylic acid groups (broad SMARTS) is 2. The zero-order valence-electron chi connectivity index (χ0n) is 16.6. The van der Waals surface area contributed by atoms with E-state index < -0.39 is 24.1 Å². The Morgan fingerprint density at radius 1 is 1.00 bits per heavy atom. The minimum absolute atomic E-state index is 0.684. The van der Waals surface area contributed by atoms with Crippen LogP contribution in [0.5, 0.6) is 0 Å². The Morgan fingerprint density at radius 2 is 1.53 bits per heavy atom. The van der Waals surface area contributed by atoms with E-state index in [4.69, 9.17) is 49.4 Å². The molecule has 1 aliphatic heterocycles. The molecule has 3 rings (SSSR count). The van der Waals surface area contributed by atoms with Gasteiger partial charge in [0.15, 0.2) is 12.2 Å². The van der Waals surface area contributed by atoms with E-state index in [-0.39, 0.29) is 0 Å². The van der Waals surface area contributed by atoms with E-state index in [0.29, 0.717) is 5.92 Å². The van der Waals surface area contributed by atoms with Crippen molar-refractivity contribution in [2.75, 3.05) is 26.2 Å². The predicted octanol–water partition coefficient (Wildman–Crippen LogP) is 1.58. The molecule has 1 aromatic carbocycles. The molecule has 0 aromatic heterocycles. The fourth-order valence-electron chi connectivity index (χ4n) is 3.96. The first-order valence-corrected chi connectivity index (χ1v) is 10.6. The zero-order chi connectivity index (χ0) is 22.5. The van der Waals surface area contributed by atoms with Crippen molar-refractivity contribution in [2.45, 2.75) is 38.0 Å². The Kier molecular flexibility index (Phi) is 8.90. The van der Waals surface area contributed by atoms with Gasteiger partial charge in [-0.15, -0.1) is 0 Å². The van der Waals surface area contributed by atoms with E-state index in [1.54, 1.807) is 0 Å². The molecule has 2 aliphatic rings. The van der Waals surface area contributed by atoms with Crippen LogP contribution < -0.4 is 5.73 Å². The minimum atomic E-state index is -2.27. The van der Waals surface area contributed by atoms with Crippen molar-refractivity contribution in [1.29, 1.82) is 0 Å². The molecule has 1 aliphatic carbocycles. The molecule has 0 spiro atoms. The summed E-state index contributed by atoms with van der Waals surface area (Å²) in [6.07, 6.45) is -0.458. The van der Waals surface area contributed by atoms with Crippen LogP contribution in [0.2, 0.25) is 10.0 Å². The van der Waals surface area contributed by atoms with Gasteiger partial charge in [0.1, 0.15) is 6.54 Å². The predicted molar refractivity (Wildman–Crippen MR) is 112 cm³/mol. The van der Waals surface area contributed by atoms with Crippen LogP contribution in [-0.2, 0) is 16.1 Å². The van der Waals surface area contributed by atoms with Gasteiger partial charge in [-0.25, -0.2) is 9.59 Å². The SMILES string of the molecule is NC[C@@H]1CC[N+](Cc2cc(Cl)cc(Cl)c2)(CC2CC2)C1.O=C(O)C(O)C(O)C(=O)O. The Morgan fingerprint density at radius 3 is 1.93 bits per heavy atom. The van der Waals surface area contributed by atoms with Gasteiger partial charge in [-0.05, 0) is 31.0 Å². The highest BCUT2D eigenvalue weighted by Gasteiger charge is 2.42. The second kappa shape index (κ2) is 10.7. The number of halogens is 2. The summed E-state index contributed by atoms with van der Waals surface area (Å²) >= 11 is 12.3. The normalized spacial score (nSPS) is 25.2. The quantitative estimate of drug-likeness (QED) is 0.368. The van der Waals surface area contributed by atoms with Gasteiger partial charge in [0.2, 0.25) is 0 Å². The standard InChI is InChI=1S/C16H23Cl2N2.C4H6O6/c17-15-5-14(6-16(18)7-15)11-20(9-12-1-2-12)4-3-13(8-19)10-20;5-1(3(7)8)2(6)4(9)10/h5-7,12-13H,1-4,8-11,19H2;1-2,5-6H,(H,7,8)(H,9,10)/q+1;/t13-,20?;/m0./s1. The van der Waals surface area contributed by atoms with Crippen LogP contribution in [0.3, 0.4) is 0 Å². The second-order valence-corrected chi connectivity index (χ2v) is 9.14. The molecule has 0 bridgehead atoms. The molecule has 3 unspecified atom stereocenters. The number of likely N-dealkylation sites (tertiary alicyclic amines) is 1. The molecule has 1 heterocycles. The summed E-state index contributed by atoms with van der Waals surface area (Å²) in [5.74, 6) is -1.92. The van der Waals surface area contributed by atoms with Crippen LogP contribution in [0.1, 0.15) is 24.8 Å². The number of nitrogens with zero attached hydrogens (tertiary/aromatic N) is 1. The highest BCUT2D eigenvalue weighted by atomic mass is 35.5. The third-order valence-electron chi connectivity index (χ3n) is 5.58. The molecule has 1 saturated carbocycles. The summed E-state index contributed by atoms with van der Waals surface area (Å²) in [5.41, 5.74) is 7.16. The van der Waals surface area contributed by atoms with E-state index >= 15 is 0 Å². The first kappa shape index (κ1) is 24.8. The number of carbonyl (C=O) groups is 2. The third-order valence-corrected chi connectivity index (χ3v) is 6.01. The molecule has 10 heteroatoms. The molecule has 30 heavy (non-hydrogen) atoms. The van der Waals surface area contributed by atoms with Crippen molar-refractivity contribution in [3.8, 4) is 0 Å². The average Bonchev–Trinajstić information content (AvgIpc) is 3.37. The third kappa shape index (κ3) is 7.37. The number of hydrogen-bond donors (Lipinski definition) is 5. The van der Waals surface area contributed by atoms with E-state index in [2.05, 4.69) is 12.1 Å². The van der Waals surface area contributed by atoms with Crippen LogP contribution >= 0.6 is 23.2 Å². The second-order valence-electron chi connectivity index (χ2n) is 8.27. The van der Waals surface area contributed by atoms with E-state index in [0.717, 1.165) is 29.1 Å². The van der Waals surface area contributed by atoms with Crippen molar-refractivity contribution >= 4 is 35.1 Å². The van der Waals surface area contributed by atoms with Crippen molar-refractivity contribution < 1.29 is 34.5 Å². The number of nitrogens with two attached hydrogens (primary N) is 1. The van der Waals surface area contributed by atoms with E-state index in [9.17, 15) is 9.59 Å². The summed E-state index contributed by atoms with van der Waals surface area (Å²) in [5, 5.41) is 34.0. The number of aliphatic hydroxyl groups is 2. The first-order valence-electron chi connectivity index (χ1n) is 9.87. The summed E-state index contributed by atoms with van der Waals surface area (Å²) in [6.45, 7) is 5.65. The van der Waals surface area contributed by atoms with Gasteiger partial charge in [0.05, 0.1) is 19.6 Å². The molecule has 1 saturated heterocycles. The molecule has 6 N–H and O–H groups in total. The molecule has 4 atom stereocenters. The fourth-order valence-corrected chi connectivity index (χ4v) is 4.53. The summed E-state index contributed by atoms with van der Waals surface area (Å²) in [7, 11) is 0. The van der Waals surface area contributed by atoms with E-state index in [1.165, 1.54) is 48.9 Å². The van der Waals surface area contributed by atoms with Crippen molar-refractivity contribution in [1.82, 2.24) is 0 Å². The Balaban J connectivity index is 0.000000274. The Labute approximate surface area is 185 Å². The lowest BCUT2D eigenvalue weighted by molar-refractivity contribution is -0.932. The van der Waals surface area contributed by atoms with Crippen molar-refractivity contribution in [3.63, 3.8) is 0 Å². The van der Waals surface area contributed by atoms with Crippen LogP contribution in [0.25, 0.3) is 0 Å². The largest absolute Gasteiger partial charge is 0.479 e. The van der Waals surface area contributed by atoms with Crippen LogP contribution in [-0.4, -0.2) is 75.2 Å². The lowest BCUT2D eigenvalue weighted by atomic mass is 10.1. The number of hydrogen-bond acceptors (Lipinski definition) is 5. The number of quaternary nitrogens is 1. The molecule has 168 valence electrons. The summed E-state index contributed by atoms with van der Waals surface area (Å²) < 4.78 is 1.18. The minimum Gasteiger partial charge on any atom is -0.479 e. The maximum Gasteiger partial charge on any atom is 0.335 e. The van der Waals surface area contributed by atoms with Crippen LogP contribution in [0.15, 0.2) is 18.2 Å². The molecular weight excluding hydrogens is 435 g/mol. The van der Waals surface area contributed by atoms with Crippen molar-refractivity contribution in [3.05, 3.63) is 33.8 Å². The van der Waals surface area contributed by atoms with Gasteiger partial charge in [-0.1, -0.05) is 23.2 Å². The number of benzene rings is 1. The number of aliphatic hydroxyl groups excluding tert-OH is 2. The molecule has 0 amide bonds. The van der Waals surface area contributed by atoms with Crippen LogP contribution in [0.4, 0.5) is 0 Å². The van der Waals surface area contributed by atoms with Crippen LogP contribution in [0, 0.1) is 11.8 Å².